The van der Waals surface area contributed by atoms with E-state index in [1.54, 1.807) is 6.07 Å². The third-order valence-electron chi connectivity index (χ3n) is 2.48. The second-order valence-electron chi connectivity index (χ2n) is 3.48. The normalized spacial score (nSPS) is 20.0. The Morgan fingerprint density at radius 3 is 2.57 bits per heavy atom. The van der Waals surface area contributed by atoms with Crippen LogP contribution in [0.4, 0.5) is 0 Å². The highest BCUT2D eigenvalue weighted by atomic mass is 35.5. The summed E-state index contributed by atoms with van der Waals surface area (Å²) in [7, 11) is 0. The second kappa shape index (κ2) is 3.41. The summed E-state index contributed by atoms with van der Waals surface area (Å²) >= 11 is 17.8. The van der Waals surface area contributed by atoms with Crippen molar-refractivity contribution in [3.63, 3.8) is 0 Å². The maximum atomic E-state index is 11.5. The van der Waals surface area contributed by atoms with Crippen LogP contribution >= 0.6 is 34.8 Å². The standard InChI is InChI=1S/C10H7Cl3O/c1-4-2-7(14)5-3-6(11)9(12)10(13)8(4)5/h3-4H,2H2,1H3. The summed E-state index contributed by atoms with van der Waals surface area (Å²) in [5, 5.41) is 1.11. The lowest BCUT2D eigenvalue weighted by Crippen LogP contribution is -1.92. The summed E-state index contributed by atoms with van der Waals surface area (Å²) in [6, 6.07) is 1.61. The molecule has 0 bridgehead atoms. The van der Waals surface area contributed by atoms with Crippen molar-refractivity contribution >= 4 is 40.6 Å². The van der Waals surface area contributed by atoms with Gasteiger partial charge in [-0.15, -0.1) is 0 Å². The van der Waals surface area contributed by atoms with Crippen LogP contribution in [0.2, 0.25) is 15.1 Å². The molecule has 0 amide bonds. The Hall–Kier alpha value is -0.240. The van der Waals surface area contributed by atoms with E-state index >= 15 is 0 Å². The van der Waals surface area contributed by atoms with E-state index in [1.165, 1.54) is 0 Å². The Bertz CT molecular complexity index is 426. The summed E-state index contributed by atoms with van der Waals surface area (Å²) < 4.78 is 0. The molecule has 1 nitrogen and oxygen atoms in total. The first-order chi connectivity index (χ1) is 6.52. The van der Waals surface area contributed by atoms with Gasteiger partial charge in [-0.1, -0.05) is 41.7 Å². The number of carbonyl (C=O) groups is 1. The van der Waals surface area contributed by atoms with E-state index in [1.807, 2.05) is 6.92 Å². The van der Waals surface area contributed by atoms with Crippen molar-refractivity contribution in [1.29, 1.82) is 0 Å². The van der Waals surface area contributed by atoms with E-state index in [0.29, 0.717) is 27.1 Å². The number of halogens is 3. The Morgan fingerprint density at radius 2 is 1.93 bits per heavy atom. The molecular weight excluding hydrogens is 242 g/mol. The number of fused-ring (bicyclic) bond motifs is 1. The summed E-state index contributed by atoms with van der Waals surface area (Å²) in [6.45, 7) is 1.96. The van der Waals surface area contributed by atoms with Crippen molar-refractivity contribution in [1.82, 2.24) is 0 Å². The summed E-state index contributed by atoms with van der Waals surface area (Å²) in [4.78, 5) is 11.5. The molecule has 0 saturated carbocycles. The van der Waals surface area contributed by atoms with Crippen LogP contribution in [0.5, 0.6) is 0 Å². The fraction of sp³-hybridized carbons (Fsp3) is 0.300. The van der Waals surface area contributed by atoms with E-state index in [0.717, 1.165) is 5.56 Å². The van der Waals surface area contributed by atoms with Crippen LogP contribution in [0.1, 0.15) is 35.2 Å². The SMILES string of the molecule is CC1CC(=O)c2cc(Cl)c(Cl)c(Cl)c21. The second-order valence-corrected chi connectivity index (χ2v) is 4.64. The van der Waals surface area contributed by atoms with Gasteiger partial charge in [0.2, 0.25) is 0 Å². The molecule has 4 heteroatoms. The molecule has 2 rings (SSSR count). The van der Waals surface area contributed by atoms with Gasteiger partial charge in [0.25, 0.3) is 0 Å². The molecule has 0 fully saturated rings. The van der Waals surface area contributed by atoms with Gasteiger partial charge in [-0.25, -0.2) is 0 Å². The molecule has 1 atom stereocenters. The fourth-order valence-corrected chi connectivity index (χ4v) is 2.61. The lowest BCUT2D eigenvalue weighted by atomic mass is 10.0. The highest BCUT2D eigenvalue weighted by Gasteiger charge is 2.30. The highest BCUT2D eigenvalue weighted by molar-refractivity contribution is 6.48. The molecule has 1 unspecified atom stereocenters. The van der Waals surface area contributed by atoms with Crippen molar-refractivity contribution in [2.45, 2.75) is 19.3 Å². The van der Waals surface area contributed by atoms with Gasteiger partial charge in [0.1, 0.15) is 0 Å². The molecule has 14 heavy (non-hydrogen) atoms. The van der Waals surface area contributed by atoms with Gasteiger partial charge in [-0.05, 0) is 17.5 Å². The van der Waals surface area contributed by atoms with Crippen molar-refractivity contribution < 1.29 is 4.79 Å². The van der Waals surface area contributed by atoms with Crippen molar-refractivity contribution in [2.24, 2.45) is 0 Å². The lowest BCUT2D eigenvalue weighted by Gasteiger charge is -2.08. The molecule has 1 aliphatic carbocycles. The van der Waals surface area contributed by atoms with Crippen molar-refractivity contribution in [3.05, 3.63) is 32.3 Å². The maximum absolute atomic E-state index is 11.5. The van der Waals surface area contributed by atoms with Gasteiger partial charge in [0.05, 0.1) is 15.1 Å². The Morgan fingerprint density at radius 1 is 1.29 bits per heavy atom. The van der Waals surface area contributed by atoms with Crippen molar-refractivity contribution in [2.75, 3.05) is 0 Å². The average Bonchev–Trinajstić information content (AvgIpc) is 2.38. The van der Waals surface area contributed by atoms with Crippen molar-refractivity contribution in [3.8, 4) is 0 Å². The summed E-state index contributed by atoms with van der Waals surface area (Å²) in [6.07, 6.45) is 0.492. The van der Waals surface area contributed by atoms with Gasteiger partial charge >= 0.3 is 0 Å². The maximum Gasteiger partial charge on any atom is 0.163 e. The lowest BCUT2D eigenvalue weighted by molar-refractivity contribution is 0.0990. The molecule has 0 N–H and O–H groups in total. The van der Waals surface area contributed by atoms with Gasteiger partial charge in [0.15, 0.2) is 5.78 Å². The molecule has 0 aliphatic heterocycles. The van der Waals surface area contributed by atoms with Gasteiger partial charge < -0.3 is 0 Å². The van der Waals surface area contributed by atoms with Crippen LogP contribution in [-0.4, -0.2) is 5.78 Å². The largest absolute Gasteiger partial charge is 0.294 e. The average molecular weight is 250 g/mol. The Balaban J connectivity index is 2.76. The van der Waals surface area contributed by atoms with E-state index in [4.69, 9.17) is 34.8 Å². The summed E-state index contributed by atoms with van der Waals surface area (Å²) in [5.74, 6) is 0.229. The minimum Gasteiger partial charge on any atom is -0.294 e. The number of Topliss-reactive ketones (excluding diaryl/α,β-unsaturated/α-hetero) is 1. The zero-order valence-electron chi connectivity index (χ0n) is 7.40. The molecule has 0 radical (unpaired) electrons. The number of rotatable bonds is 0. The minimum absolute atomic E-state index is 0.0907. The summed E-state index contributed by atoms with van der Waals surface area (Å²) in [5.41, 5.74) is 1.46. The quantitative estimate of drug-likeness (QED) is 0.625. The fourth-order valence-electron chi connectivity index (χ4n) is 1.81. The molecular formula is C10H7Cl3O. The smallest absolute Gasteiger partial charge is 0.163 e. The van der Waals surface area contributed by atoms with E-state index < -0.39 is 0 Å². The monoisotopic (exact) mass is 248 g/mol. The molecule has 1 aromatic rings. The Labute approximate surface area is 97.0 Å². The van der Waals surface area contributed by atoms with E-state index in [2.05, 4.69) is 0 Å². The van der Waals surface area contributed by atoms with Crippen LogP contribution < -0.4 is 0 Å². The molecule has 0 aromatic heterocycles. The predicted octanol–water partition coefficient (Wildman–Crippen LogP) is 4.34. The molecule has 0 saturated heterocycles. The number of hydrogen-bond donors (Lipinski definition) is 0. The molecule has 74 valence electrons. The molecule has 1 aliphatic rings. The minimum atomic E-state index is 0.0907. The van der Waals surface area contributed by atoms with Crippen LogP contribution in [0.3, 0.4) is 0 Å². The number of carbonyl (C=O) groups excluding carboxylic acids is 1. The first kappa shape index (κ1) is 10.3. The zero-order chi connectivity index (χ0) is 10.5. The van der Waals surface area contributed by atoms with Crippen LogP contribution in [-0.2, 0) is 0 Å². The highest BCUT2D eigenvalue weighted by Crippen LogP contribution is 2.43. The molecule has 0 spiro atoms. The first-order valence-electron chi connectivity index (χ1n) is 4.23. The topological polar surface area (TPSA) is 17.1 Å². The van der Waals surface area contributed by atoms with E-state index in [9.17, 15) is 4.79 Å². The van der Waals surface area contributed by atoms with Crippen LogP contribution in [0.15, 0.2) is 6.07 Å². The van der Waals surface area contributed by atoms with E-state index in [-0.39, 0.29) is 11.7 Å². The van der Waals surface area contributed by atoms with Crippen LogP contribution in [0, 0.1) is 0 Å². The van der Waals surface area contributed by atoms with Gasteiger partial charge in [-0.2, -0.15) is 0 Å². The molecule has 1 aromatic carbocycles. The van der Waals surface area contributed by atoms with Crippen LogP contribution in [0.25, 0.3) is 0 Å². The Kier molecular flexibility index (Phi) is 2.50. The van der Waals surface area contributed by atoms with Gasteiger partial charge in [0, 0.05) is 12.0 Å². The third-order valence-corrected chi connectivity index (χ3v) is 3.76. The predicted molar refractivity (Wildman–Crippen MR) is 58.8 cm³/mol. The number of benzene rings is 1. The number of hydrogen-bond acceptors (Lipinski definition) is 1. The molecule has 0 heterocycles. The first-order valence-corrected chi connectivity index (χ1v) is 5.36. The van der Waals surface area contributed by atoms with Gasteiger partial charge in [-0.3, -0.25) is 4.79 Å². The third kappa shape index (κ3) is 1.35. The number of ketones is 1. The zero-order valence-corrected chi connectivity index (χ0v) is 9.67.